The molecular weight excluding hydrogens is 449 g/mol. The van der Waals surface area contributed by atoms with Crippen molar-refractivity contribution in [1.82, 2.24) is 20.6 Å². The number of rotatable bonds is 8. The van der Waals surface area contributed by atoms with Gasteiger partial charge in [-0.3, -0.25) is 4.99 Å². The lowest BCUT2D eigenvalue weighted by Crippen LogP contribution is -2.37. The van der Waals surface area contributed by atoms with E-state index in [9.17, 15) is 0 Å². The lowest BCUT2D eigenvalue weighted by Gasteiger charge is -2.12. The number of thiazole rings is 1. The Balaban J connectivity index is 0.00000312. The van der Waals surface area contributed by atoms with Gasteiger partial charge in [0.1, 0.15) is 0 Å². The van der Waals surface area contributed by atoms with Crippen LogP contribution in [0.15, 0.2) is 29.5 Å². The number of nitrogens with one attached hydrogen (secondary N) is 2. The summed E-state index contributed by atoms with van der Waals surface area (Å²) in [5, 5.41) is 7.77. The normalized spacial score (nSPS) is 10.9. The summed E-state index contributed by atoms with van der Waals surface area (Å²) in [5.74, 6) is 1.42. The number of nitrogens with zero attached hydrogens (tertiary/aromatic N) is 3. The predicted octanol–water partition coefficient (Wildman–Crippen LogP) is 3.02. The average Bonchev–Trinajstić information content (AvgIpc) is 3.06. The number of aryl methyl sites for hydroxylation is 1. The predicted molar refractivity (Wildman–Crippen MR) is 114 cm³/mol. The van der Waals surface area contributed by atoms with E-state index in [1.54, 1.807) is 24.6 Å². The van der Waals surface area contributed by atoms with Crippen molar-refractivity contribution in [2.45, 2.75) is 33.2 Å². The van der Waals surface area contributed by atoms with Crippen molar-refractivity contribution in [2.24, 2.45) is 4.99 Å². The minimum absolute atomic E-state index is 0. The van der Waals surface area contributed by atoms with E-state index in [1.165, 1.54) is 4.88 Å². The lowest BCUT2D eigenvalue weighted by molar-refractivity contribution is 0.326. The minimum atomic E-state index is 0. The molecule has 2 heterocycles. The highest BCUT2D eigenvalue weighted by molar-refractivity contribution is 14.0. The molecule has 8 heteroatoms. The van der Waals surface area contributed by atoms with Crippen LogP contribution in [-0.4, -0.2) is 36.1 Å². The molecule has 2 aromatic heterocycles. The second-order valence-corrected chi connectivity index (χ2v) is 6.31. The topological polar surface area (TPSA) is 71.4 Å². The first kappa shape index (κ1) is 21.6. The van der Waals surface area contributed by atoms with Crippen LogP contribution in [0.25, 0.3) is 0 Å². The zero-order valence-corrected chi connectivity index (χ0v) is 18.1. The van der Waals surface area contributed by atoms with Crippen LogP contribution in [0.2, 0.25) is 0 Å². The molecule has 0 unspecified atom stereocenters. The monoisotopic (exact) mass is 475 g/mol. The van der Waals surface area contributed by atoms with Crippen LogP contribution >= 0.6 is 35.3 Å². The maximum absolute atomic E-state index is 5.41. The van der Waals surface area contributed by atoms with Crippen LogP contribution in [0.3, 0.4) is 0 Å². The second kappa shape index (κ2) is 12.0. The highest BCUT2D eigenvalue weighted by atomic mass is 127. The first-order valence-electron chi connectivity index (χ1n) is 8.21. The summed E-state index contributed by atoms with van der Waals surface area (Å²) in [7, 11) is 1.77. The zero-order valence-electron chi connectivity index (χ0n) is 14.9. The second-order valence-electron chi connectivity index (χ2n) is 5.11. The van der Waals surface area contributed by atoms with Crippen molar-refractivity contribution in [2.75, 3.05) is 20.2 Å². The third-order valence-corrected chi connectivity index (χ3v) is 4.56. The first-order valence-corrected chi connectivity index (χ1v) is 9.02. The molecule has 0 atom stereocenters. The van der Waals surface area contributed by atoms with Gasteiger partial charge >= 0.3 is 0 Å². The van der Waals surface area contributed by atoms with Crippen molar-refractivity contribution >= 4 is 41.3 Å². The van der Waals surface area contributed by atoms with E-state index >= 15 is 0 Å². The Morgan fingerprint density at radius 2 is 2.12 bits per heavy atom. The van der Waals surface area contributed by atoms with Gasteiger partial charge < -0.3 is 15.4 Å². The summed E-state index contributed by atoms with van der Waals surface area (Å²) < 4.78 is 5.41. The number of guanidine groups is 1. The number of aliphatic imine (C=N–C) groups is 1. The number of hydrogen-bond donors (Lipinski definition) is 2. The third-order valence-electron chi connectivity index (χ3n) is 3.36. The molecule has 6 nitrogen and oxygen atoms in total. The van der Waals surface area contributed by atoms with Gasteiger partial charge in [0.05, 0.1) is 11.6 Å². The third kappa shape index (κ3) is 7.55. The molecule has 0 aromatic carbocycles. The van der Waals surface area contributed by atoms with Crippen LogP contribution in [-0.2, 0) is 19.4 Å². The lowest BCUT2D eigenvalue weighted by atomic mass is 10.2. The summed E-state index contributed by atoms with van der Waals surface area (Å²) in [6.45, 7) is 6.18. The molecule has 0 fully saturated rings. The van der Waals surface area contributed by atoms with Gasteiger partial charge in [-0.15, -0.1) is 35.3 Å². The van der Waals surface area contributed by atoms with Gasteiger partial charge in [0, 0.05) is 49.9 Å². The summed E-state index contributed by atoms with van der Waals surface area (Å²) in [6.07, 6.45) is 5.66. The molecule has 2 aromatic rings. The number of aromatic nitrogens is 2. The molecule has 25 heavy (non-hydrogen) atoms. The Morgan fingerprint density at radius 1 is 1.28 bits per heavy atom. The quantitative estimate of drug-likeness (QED) is 0.349. The number of halogens is 1. The van der Waals surface area contributed by atoms with Crippen molar-refractivity contribution in [1.29, 1.82) is 0 Å². The maximum Gasteiger partial charge on any atom is 0.213 e. The van der Waals surface area contributed by atoms with E-state index in [2.05, 4.69) is 32.5 Å². The average molecular weight is 475 g/mol. The van der Waals surface area contributed by atoms with Gasteiger partial charge in [0.25, 0.3) is 0 Å². The Bertz CT molecular complexity index is 662. The van der Waals surface area contributed by atoms with E-state index in [1.807, 2.05) is 25.3 Å². The number of hydrogen-bond acceptors (Lipinski definition) is 5. The van der Waals surface area contributed by atoms with Crippen LogP contribution in [0.5, 0.6) is 5.88 Å². The Labute approximate surface area is 170 Å². The van der Waals surface area contributed by atoms with Crippen molar-refractivity contribution < 1.29 is 4.74 Å². The maximum atomic E-state index is 5.41. The van der Waals surface area contributed by atoms with Crippen LogP contribution in [0.4, 0.5) is 0 Å². The van der Waals surface area contributed by atoms with E-state index in [0.717, 1.165) is 35.9 Å². The molecule has 2 N–H and O–H groups in total. The van der Waals surface area contributed by atoms with E-state index in [4.69, 9.17) is 4.74 Å². The van der Waals surface area contributed by atoms with Crippen LogP contribution in [0.1, 0.15) is 29.3 Å². The smallest absolute Gasteiger partial charge is 0.213 e. The van der Waals surface area contributed by atoms with E-state index < -0.39 is 0 Å². The number of ether oxygens (including phenoxy) is 1. The number of pyridine rings is 1. The van der Waals surface area contributed by atoms with Gasteiger partial charge in [0.15, 0.2) is 5.96 Å². The summed E-state index contributed by atoms with van der Waals surface area (Å²) in [5.41, 5.74) is 1.10. The molecule has 0 saturated carbocycles. The molecule has 0 aliphatic rings. The molecular formula is C17H26IN5OS. The highest BCUT2D eigenvalue weighted by Gasteiger charge is 2.03. The molecule has 0 spiro atoms. The zero-order chi connectivity index (χ0) is 17.2. The van der Waals surface area contributed by atoms with E-state index in [-0.39, 0.29) is 24.0 Å². The Kier molecular flexibility index (Phi) is 10.4. The first-order chi connectivity index (χ1) is 11.7. The molecule has 2 rings (SSSR count). The van der Waals surface area contributed by atoms with Crippen molar-refractivity contribution in [3.05, 3.63) is 40.0 Å². The highest BCUT2D eigenvalue weighted by Crippen LogP contribution is 2.13. The SMILES string of the molecule is CCOc1cc(CNC(=NC)NCCc2ncc(CC)s2)ccn1.I. The fourth-order valence-electron chi connectivity index (χ4n) is 2.11. The van der Waals surface area contributed by atoms with E-state index in [0.29, 0.717) is 19.0 Å². The van der Waals surface area contributed by atoms with Crippen LogP contribution in [0, 0.1) is 0 Å². The largest absolute Gasteiger partial charge is 0.478 e. The molecule has 138 valence electrons. The Hall–Kier alpha value is -1.42. The molecule has 0 amide bonds. The van der Waals surface area contributed by atoms with Gasteiger partial charge in [-0.2, -0.15) is 0 Å². The molecule has 0 radical (unpaired) electrons. The summed E-state index contributed by atoms with van der Waals surface area (Å²) >= 11 is 1.78. The van der Waals surface area contributed by atoms with Gasteiger partial charge in [-0.1, -0.05) is 6.92 Å². The fraction of sp³-hybridized carbons (Fsp3) is 0.471. The van der Waals surface area contributed by atoms with Crippen molar-refractivity contribution in [3.8, 4) is 5.88 Å². The molecule has 0 bridgehead atoms. The fourth-order valence-corrected chi connectivity index (χ4v) is 2.97. The molecule has 0 saturated heterocycles. The Morgan fingerprint density at radius 3 is 2.80 bits per heavy atom. The standard InChI is InChI=1S/C17H25N5OS.HI/c1-4-14-12-21-16(24-14)7-9-20-17(18-3)22-11-13-6-8-19-15(10-13)23-5-2;/h6,8,10,12H,4-5,7,9,11H2,1-3H3,(H2,18,20,22);1H. The molecule has 0 aliphatic heterocycles. The van der Waals surface area contributed by atoms with Crippen LogP contribution < -0.4 is 15.4 Å². The summed E-state index contributed by atoms with van der Waals surface area (Å²) in [6, 6.07) is 3.90. The molecule has 0 aliphatic carbocycles. The van der Waals surface area contributed by atoms with Gasteiger partial charge in [-0.25, -0.2) is 9.97 Å². The minimum Gasteiger partial charge on any atom is -0.478 e. The van der Waals surface area contributed by atoms with Gasteiger partial charge in [-0.05, 0) is 25.0 Å². The summed E-state index contributed by atoms with van der Waals surface area (Å²) in [4.78, 5) is 14.2. The van der Waals surface area contributed by atoms with Crippen molar-refractivity contribution in [3.63, 3.8) is 0 Å². The van der Waals surface area contributed by atoms with Gasteiger partial charge in [0.2, 0.25) is 5.88 Å².